The molecule has 3 rings (SSSR count). The molecule has 2 aliphatic rings. The fourth-order valence-corrected chi connectivity index (χ4v) is 3.79. The van der Waals surface area contributed by atoms with Gasteiger partial charge in [-0.2, -0.15) is 5.10 Å². The molecule has 2 fully saturated rings. The van der Waals surface area contributed by atoms with Crippen molar-refractivity contribution >= 4 is 11.7 Å². The van der Waals surface area contributed by atoms with E-state index >= 15 is 0 Å². The molecule has 6 heteroatoms. The molecule has 1 atom stereocenters. The number of aromatic nitrogens is 2. The smallest absolute Gasteiger partial charge is 0.239 e. The standard InChI is InChI=1S/C18H29N5O/c1-3-21-10-5-4-7-16(21)18(24)23-12-6-11-22(13-14-23)17-9-8-15(2)19-20-17/h8-9,16H,3-7,10-14H2,1-2H3. The Kier molecular flexibility index (Phi) is 5.66. The first-order valence-electron chi connectivity index (χ1n) is 9.27. The Morgan fingerprint density at radius 1 is 1.08 bits per heavy atom. The number of piperidine rings is 1. The van der Waals surface area contributed by atoms with Crippen molar-refractivity contribution < 1.29 is 4.79 Å². The highest BCUT2D eigenvalue weighted by Gasteiger charge is 2.31. The zero-order chi connectivity index (χ0) is 16.9. The number of likely N-dealkylation sites (tertiary alicyclic amines) is 1. The van der Waals surface area contributed by atoms with Crippen LogP contribution in [-0.4, -0.2) is 71.2 Å². The van der Waals surface area contributed by atoms with Gasteiger partial charge in [0.2, 0.25) is 5.91 Å². The van der Waals surface area contributed by atoms with Crippen molar-refractivity contribution in [1.29, 1.82) is 0 Å². The predicted octanol–water partition coefficient (Wildman–Crippen LogP) is 1.70. The number of carbonyl (C=O) groups excluding carboxylic acids is 1. The Morgan fingerprint density at radius 3 is 2.71 bits per heavy atom. The van der Waals surface area contributed by atoms with Gasteiger partial charge in [0.15, 0.2) is 5.82 Å². The monoisotopic (exact) mass is 331 g/mol. The molecule has 0 aromatic carbocycles. The van der Waals surface area contributed by atoms with Crippen LogP contribution in [0.2, 0.25) is 0 Å². The number of aryl methyl sites for hydroxylation is 1. The fourth-order valence-electron chi connectivity index (χ4n) is 3.79. The number of carbonyl (C=O) groups is 1. The quantitative estimate of drug-likeness (QED) is 0.844. The van der Waals surface area contributed by atoms with Gasteiger partial charge in [0.25, 0.3) is 0 Å². The summed E-state index contributed by atoms with van der Waals surface area (Å²) < 4.78 is 0. The Labute approximate surface area is 144 Å². The van der Waals surface area contributed by atoms with Crippen molar-refractivity contribution in [2.45, 2.75) is 45.6 Å². The molecule has 0 aliphatic carbocycles. The number of nitrogens with zero attached hydrogens (tertiary/aromatic N) is 5. The van der Waals surface area contributed by atoms with Crippen molar-refractivity contribution in [3.8, 4) is 0 Å². The number of rotatable bonds is 3. The highest BCUT2D eigenvalue weighted by molar-refractivity contribution is 5.82. The Balaban J connectivity index is 1.62. The first kappa shape index (κ1) is 17.1. The third kappa shape index (κ3) is 3.86. The van der Waals surface area contributed by atoms with E-state index in [-0.39, 0.29) is 6.04 Å². The van der Waals surface area contributed by atoms with Crippen molar-refractivity contribution in [3.05, 3.63) is 17.8 Å². The summed E-state index contributed by atoms with van der Waals surface area (Å²) >= 11 is 0. The molecule has 3 heterocycles. The van der Waals surface area contributed by atoms with Gasteiger partial charge in [-0.05, 0) is 51.4 Å². The summed E-state index contributed by atoms with van der Waals surface area (Å²) in [6.07, 6.45) is 4.39. The lowest BCUT2D eigenvalue weighted by Gasteiger charge is -2.36. The van der Waals surface area contributed by atoms with E-state index in [0.29, 0.717) is 5.91 Å². The van der Waals surface area contributed by atoms with Gasteiger partial charge in [0, 0.05) is 26.2 Å². The molecule has 1 aromatic rings. The highest BCUT2D eigenvalue weighted by atomic mass is 16.2. The second-order valence-electron chi connectivity index (χ2n) is 6.84. The van der Waals surface area contributed by atoms with E-state index in [1.165, 1.54) is 12.8 Å². The molecule has 1 aromatic heterocycles. The van der Waals surface area contributed by atoms with Gasteiger partial charge in [-0.25, -0.2) is 0 Å². The van der Waals surface area contributed by atoms with Gasteiger partial charge >= 0.3 is 0 Å². The average Bonchev–Trinajstić information content (AvgIpc) is 2.88. The summed E-state index contributed by atoms with van der Waals surface area (Å²) in [6.45, 7) is 9.54. The molecule has 6 nitrogen and oxygen atoms in total. The topological polar surface area (TPSA) is 52.6 Å². The van der Waals surface area contributed by atoms with E-state index in [1.54, 1.807) is 0 Å². The van der Waals surface area contributed by atoms with E-state index in [9.17, 15) is 4.79 Å². The summed E-state index contributed by atoms with van der Waals surface area (Å²) in [5.74, 6) is 1.25. The molecule has 24 heavy (non-hydrogen) atoms. The Morgan fingerprint density at radius 2 is 1.96 bits per heavy atom. The van der Waals surface area contributed by atoms with Crippen LogP contribution in [0.4, 0.5) is 5.82 Å². The van der Waals surface area contributed by atoms with Gasteiger partial charge in [-0.15, -0.1) is 5.10 Å². The molecule has 0 saturated carbocycles. The molecular formula is C18H29N5O. The summed E-state index contributed by atoms with van der Waals surface area (Å²) in [5, 5.41) is 8.45. The maximum absolute atomic E-state index is 13.0. The molecule has 2 aliphatic heterocycles. The predicted molar refractivity (Wildman–Crippen MR) is 95.1 cm³/mol. The van der Waals surface area contributed by atoms with Crippen LogP contribution in [0, 0.1) is 6.92 Å². The number of likely N-dealkylation sites (N-methyl/N-ethyl adjacent to an activating group) is 1. The lowest BCUT2D eigenvalue weighted by atomic mass is 10.0. The second kappa shape index (κ2) is 7.92. The second-order valence-corrected chi connectivity index (χ2v) is 6.84. The first-order valence-corrected chi connectivity index (χ1v) is 9.27. The fraction of sp³-hybridized carbons (Fsp3) is 0.722. The van der Waals surface area contributed by atoms with Crippen molar-refractivity contribution in [2.24, 2.45) is 0 Å². The normalized spacial score (nSPS) is 23.2. The van der Waals surface area contributed by atoms with Crippen molar-refractivity contribution in [1.82, 2.24) is 20.0 Å². The zero-order valence-electron chi connectivity index (χ0n) is 14.9. The van der Waals surface area contributed by atoms with Crippen LogP contribution in [-0.2, 0) is 4.79 Å². The molecule has 1 unspecified atom stereocenters. The van der Waals surface area contributed by atoms with E-state index in [4.69, 9.17) is 0 Å². The first-order chi connectivity index (χ1) is 11.7. The van der Waals surface area contributed by atoms with Crippen LogP contribution in [0.5, 0.6) is 0 Å². The van der Waals surface area contributed by atoms with Gasteiger partial charge in [0.1, 0.15) is 0 Å². The third-order valence-electron chi connectivity index (χ3n) is 5.22. The Hall–Kier alpha value is -1.69. The van der Waals surface area contributed by atoms with Crippen LogP contribution < -0.4 is 4.90 Å². The minimum atomic E-state index is 0.0921. The number of hydrogen-bond acceptors (Lipinski definition) is 5. The van der Waals surface area contributed by atoms with E-state index < -0.39 is 0 Å². The van der Waals surface area contributed by atoms with Crippen LogP contribution in [0.1, 0.15) is 38.3 Å². The molecule has 0 N–H and O–H groups in total. The van der Waals surface area contributed by atoms with Gasteiger partial charge in [-0.1, -0.05) is 13.3 Å². The summed E-state index contributed by atoms with van der Waals surface area (Å²) in [6, 6.07) is 4.12. The number of amides is 1. The maximum atomic E-state index is 13.0. The molecule has 132 valence electrons. The summed E-state index contributed by atoms with van der Waals surface area (Å²) in [5.41, 5.74) is 0.933. The lowest BCUT2D eigenvalue weighted by Crippen LogP contribution is -2.51. The minimum absolute atomic E-state index is 0.0921. The maximum Gasteiger partial charge on any atom is 0.239 e. The van der Waals surface area contributed by atoms with Gasteiger partial charge < -0.3 is 9.80 Å². The number of anilines is 1. The molecule has 0 bridgehead atoms. The highest BCUT2D eigenvalue weighted by Crippen LogP contribution is 2.20. The van der Waals surface area contributed by atoms with Crippen LogP contribution in [0.3, 0.4) is 0 Å². The molecular weight excluding hydrogens is 302 g/mol. The van der Waals surface area contributed by atoms with Gasteiger partial charge in [-0.3, -0.25) is 9.69 Å². The van der Waals surface area contributed by atoms with Crippen LogP contribution in [0.15, 0.2) is 12.1 Å². The van der Waals surface area contributed by atoms with Crippen LogP contribution in [0.25, 0.3) is 0 Å². The summed E-state index contributed by atoms with van der Waals surface area (Å²) in [4.78, 5) is 19.7. The van der Waals surface area contributed by atoms with E-state index in [1.807, 2.05) is 19.1 Å². The molecule has 1 amide bonds. The summed E-state index contributed by atoms with van der Waals surface area (Å²) in [7, 11) is 0. The lowest BCUT2D eigenvalue weighted by molar-refractivity contribution is -0.138. The average molecular weight is 331 g/mol. The van der Waals surface area contributed by atoms with Gasteiger partial charge in [0.05, 0.1) is 11.7 Å². The van der Waals surface area contributed by atoms with Crippen LogP contribution >= 0.6 is 0 Å². The molecule has 0 spiro atoms. The van der Waals surface area contributed by atoms with E-state index in [2.05, 4.69) is 31.8 Å². The molecule has 0 radical (unpaired) electrons. The third-order valence-corrected chi connectivity index (χ3v) is 5.22. The molecule has 2 saturated heterocycles. The SMILES string of the molecule is CCN1CCCCC1C(=O)N1CCCN(c2ccc(C)nn2)CC1. The zero-order valence-corrected chi connectivity index (χ0v) is 14.9. The largest absolute Gasteiger partial charge is 0.353 e. The van der Waals surface area contributed by atoms with E-state index in [0.717, 1.165) is 63.6 Å². The number of hydrogen-bond donors (Lipinski definition) is 0. The van der Waals surface area contributed by atoms with Crippen molar-refractivity contribution in [2.75, 3.05) is 44.2 Å². The Bertz CT molecular complexity index is 547. The van der Waals surface area contributed by atoms with Crippen molar-refractivity contribution in [3.63, 3.8) is 0 Å². The minimum Gasteiger partial charge on any atom is -0.353 e.